The van der Waals surface area contributed by atoms with E-state index in [1.807, 2.05) is 6.07 Å². The molecular weight excluding hydrogens is 492 g/mol. The van der Waals surface area contributed by atoms with Gasteiger partial charge in [-0.25, -0.2) is 13.9 Å². The van der Waals surface area contributed by atoms with Crippen LogP contribution in [0, 0.1) is 0 Å². The molecule has 1 unspecified atom stereocenters. The van der Waals surface area contributed by atoms with Crippen LogP contribution in [0.15, 0.2) is 65.6 Å². The summed E-state index contributed by atoms with van der Waals surface area (Å²) >= 11 is 0. The molecule has 1 heterocycles. The number of nitrogens with zero attached hydrogens (tertiary/aromatic N) is 1. The van der Waals surface area contributed by atoms with Crippen LogP contribution in [0.2, 0.25) is 0 Å². The maximum Gasteiger partial charge on any atom is 0.416 e. The monoisotopic (exact) mass is 509 g/mol. The number of halogens is 6. The summed E-state index contributed by atoms with van der Waals surface area (Å²) < 4.78 is 93.5. The molecule has 0 saturated heterocycles. The Morgan fingerprint density at radius 2 is 1.54 bits per heavy atom. The summed E-state index contributed by atoms with van der Waals surface area (Å²) in [6.07, 6.45) is -7.41. The van der Waals surface area contributed by atoms with Crippen molar-refractivity contribution in [2.24, 2.45) is 0 Å². The summed E-state index contributed by atoms with van der Waals surface area (Å²) in [5.74, 6) is 0.246. The van der Waals surface area contributed by atoms with Gasteiger partial charge in [-0.3, -0.25) is 0 Å². The van der Waals surface area contributed by atoms with Gasteiger partial charge in [0.15, 0.2) is 0 Å². The van der Waals surface area contributed by atoms with Gasteiger partial charge in [-0.2, -0.15) is 26.3 Å². The van der Waals surface area contributed by atoms with E-state index < -0.39 is 34.5 Å². The molecule has 0 aliphatic rings. The van der Waals surface area contributed by atoms with E-state index in [-0.39, 0.29) is 17.5 Å². The van der Waals surface area contributed by atoms with Gasteiger partial charge in [0, 0.05) is 0 Å². The third kappa shape index (κ3) is 5.46. The van der Waals surface area contributed by atoms with Gasteiger partial charge in [0.2, 0.25) is 0 Å². The number of hydrogen-bond donors (Lipinski definition) is 2. The number of aromatic nitrogens is 2. The van der Waals surface area contributed by atoms with Crippen LogP contribution in [-0.4, -0.2) is 21.2 Å². The number of hydrogen-bond acceptors (Lipinski definition) is 2. The Morgan fingerprint density at radius 3 is 2.17 bits per heavy atom. The molecule has 11 heteroatoms. The van der Waals surface area contributed by atoms with E-state index in [1.54, 1.807) is 43.4 Å². The molecule has 3 aromatic carbocycles. The highest BCUT2D eigenvalue weighted by Crippen LogP contribution is 2.36. The van der Waals surface area contributed by atoms with E-state index in [0.717, 1.165) is 17.2 Å². The summed E-state index contributed by atoms with van der Waals surface area (Å²) in [6.45, 7) is 0. The molecule has 0 spiro atoms. The number of fused-ring (bicyclic) bond motifs is 1. The Morgan fingerprint density at radius 1 is 0.886 bits per heavy atom. The average molecular weight is 509 g/mol. The Balaban J connectivity index is 1.69. The van der Waals surface area contributed by atoms with Crippen molar-refractivity contribution in [2.75, 3.05) is 7.05 Å². The fourth-order valence-electron chi connectivity index (χ4n) is 3.50. The largest absolute Gasteiger partial charge is 0.416 e. The van der Waals surface area contributed by atoms with E-state index in [0.29, 0.717) is 28.1 Å². The maximum absolute atomic E-state index is 13.1. The van der Waals surface area contributed by atoms with Gasteiger partial charge < -0.3 is 4.98 Å². The first kappa shape index (κ1) is 24.7. The van der Waals surface area contributed by atoms with Gasteiger partial charge in [-0.15, -0.1) is 0 Å². The first-order valence-corrected chi connectivity index (χ1v) is 11.3. The molecule has 0 fully saturated rings. The number of H-pyrrole nitrogens is 1. The molecule has 4 aromatic rings. The fourth-order valence-corrected chi connectivity index (χ4v) is 4.31. The summed E-state index contributed by atoms with van der Waals surface area (Å²) in [6, 6.07) is 13.8. The molecule has 0 aliphatic carbocycles. The number of rotatable bonds is 5. The second-order valence-corrected chi connectivity index (χ2v) is 8.88. The molecule has 0 amide bonds. The van der Waals surface area contributed by atoms with Crippen LogP contribution < -0.4 is 4.72 Å². The zero-order valence-electron chi connectivity index (χ0n) is 18.0. The van der Waals surface area contributed by atoms with Crippen molar-refractivity contribution in [1.82, 2.24) is 14.7 Å². The van der Waals surface area contributed by atoms with Crippen LogP contribution in [0.25, 0.3) is 34.3 Å². The van der Waals surface area contributed by atoms with Crippen LogP contribution >= 0.6 is 0 Å². The highest BCUT2D eigenvalue weighted by molar-refractivity contribution is 7.83. The Bertz CT molecular complexity index is 1410. The van der Waals surface area contributed by atoms with Crippen LogP contribution in [0.3, 0.4) is 0 Å². The minimum Gasteiger partial charge on any atom is -0.338 e. The van der Waals surface area contributed by atoms with Gasteiger partial charge in [-0.05, 0) is 66.2 Å². The lowest BCUT2D eigenvalue weighted by Crippen LogP contribution is -2.11. The molecule has 1 atom stereocenters. The molecule has 182 valence electrons. The number of imidazole rings is 1. The zero-order valence-corrected chi connectivity index (χ0v) is 18.8. The molecule has 0 saturated carbocycles. The predicted molar refractivity (Wildman–Crippen MR) is 122 cm³/mol. The minimum atomic E-state index is -4.92. The number of nitrogens with one attached hydrogen (secondary N) is 2. The zero-order chi connectivity index (χ0) is 25.4. The molecule has 4 nitrogen and oxygen atoms in total. The van der Waals surface area contributed by atoms with Crippen LogP contribution in [0.1, 0.15) is 22.5 Å². The standard InChI is InChI=1S/C24H17F6N3OS/c1-31-35(34)21-5-3-2-4-18(21)15-7-8-19-20(12-15)33-22(32-19)9-6-14-10-16(23(25,26)27)13-17(11-14)24(28,29)30/h2-13,31H,1H3,(H,32,33)/b9-6+. The second-order valence-electron chi connectivity index (χ2n) is 7.50. The Hall–Kier alpha value is -3.44. The summed E-state index contributed by atoms with van der Waals surface area (Å²) in [7, 11) is 0.156. The lowest BCUT2D eigenvalue weighted by atomic mass is 10.0. The summed E-state index contributed by atoms with van der Waals surface area (Å²) in [5.41, 5.74) is -0.427. The molecule has 35 heavy (non-hydrogen) atoms. The minimum absolute atomic E-state index is 0.0823. The summed E-state index contributed by atoms with van der Waals surface area (Å²) in [5, 5.41) is 0. The highest BCUT2D eigenvalue weighted by atomic mass is 32.2. The van der Waals surface area contributed by atoms with E-state index in [1.165, 1.54) is 6.08 Å². The third-order valence-corrected chi connectivity index (χ3v) is 6.25. The predicted octanol–water partition coefficient (Wildman–Crippen LogP) is 6.68. The molecule has 0 radical (unpaired) electrons. The van der Waals surface area contributed by atoms with Crippen molar-refractivity contribution in [2.45, 2.75) is 17.2 Å². The fraction of sp³-hybridized carbons (Fsp3) is 0.125. The summed E-state index contributed by atoms with van der Waals surface area (Å²) in [4.78, 5) is 7.90. The van der Waals surface area contributed by atoms with Crippen LogP contribution in [0.5, 0.6) is 0 Å². The third-order valence-electron chi connectivity index (χ3n) is 5.13. The Labute approximate surface area is 198 Å². The molecule has 4 rings (SSSR count). The van der Waals surface area contributed by atoms with E-state index >= 15 is 0 Å². The lowest BCUT2D eigenvalue weighted by Gasteiger charge is -2.12. The first-order valence-electron chi connectivity index (χ1n) is 10.1. The highest BCUT2D eigenvalue weighted by Gasteiger charge is 2.36. The van der Waals surface area contributed by atoms with Crippen molar-refractivity contribution in [1.29, 1.82) is 0 Å². The Kier molecular flexibility index (Phi) is 6.56. The van der Waals surface area contributed by atoms with E-state index in [4.69, 9.17) is 0 Å². The van der Waals surface area contributed by atoms with Crippen molar-refractivity contribution in [3.8, 4) is 11.1 Å². The van der Waals surface area contributed by atoms with E-state index in [9.17, 15) is 30.6 Å². The van der Waals surface area contributed by atoms with Crippen molar-refractivity contribution < 1.29 is 30.6 Å². The second kappa shape index (κ2) is 9.31. The average Bonchev–Trinajstić information content (AvgIpc) is 3.23. The van der Waals surface area contributed by atoms with Crippen LogP contribution in [0.4, 0.5) is 26.3 Å². The lowest BCUT2D eigenvalue weighted by molar-refractivity contribution is -0.143. The van der Waals surface area contributed by atoms with Gasteiger partial charge in [-0.1, -0.05) is 30.3 Å². The normalized spacial score (nSPS) is 13.6. The van der Waals surface area contributed by atoms with Crippen molar-refractivity contribution in [3.63, 3.8) is 0 Å². The van der Waals surface area contributed by atoms with Crippen LogP contribution in [-0.2, 0) is 23.3 Å². The van der Waals surface area contributed by atoms with Gasteiger partial charge in [0.25, 0.3) is 0 Å². The smallest absolute Gasteiger partial charge is 0.338 e. The molecule has 2 N–H and O–H groups in total. The molecule has 1 aromatic heterocycles. The number of aromatic amines is 1. The maximum atomic E-state index is 13.1. The van der Waals surface area contributed by atoms with Gasteiger partial charge >= 0.3 is 12.4 Å². The SMILES string of the molecule is CNS(=O)c1ccccc1-c1ccc2nc(/C=C/c3cc(C(F)(F)F)cc(C(F)(F)F)c3)[nH]c2c1. The quantitative estimate of drug-likeness (QED) is 0.295. The number of alkyl halides is 6. The number of benzene rings is 3. The first-order chi connectivity index (χ1) is 16.5. The van der Waals surface area contributed by atoms with Gasteiger partial charge in [0.05, 0.1) is 27.1 Å². The molecule has 0 aliphatic heterocycles. The van der Waals surface area contributed by atoms with E-state index in [2.05, 4.69) is 14.7 Å². The molecule has 0 bridgehead atoms. The van der Waals surface area contributed by atoms with Crippen molar-refractivity contribution in [3.05, 3.63) is 83.2 Å². The van der Waals surface area contributed by atoms with Gasteiger partial charge in [0.1, 0.15) is 16.8 Å². The van der Waals surface area contributed by atoms with Crippen molar-refractivity contribution >= 4 is 34.2 Å². The molecular formula is C24H17F6N3OS. The topological polar surface area (TPSA) is 57.8 Å².